The highest BCUT2D eigenvalue weighted by molar-refractivity contribution is 7.21. The zero-order valence-electron chi connectivity index (χ0n) is 12.7. The maximum Gasteiger partial charge on any atom is 0.223 e. The molecular weight excluding hydrogens is 306 g/mol. The van der Waals surface area contributed by atoms with E-state index in [-0.39, 0.29) is 5.78 Å². The largest absolute Gasteiger partial charge is 0.397 e. The van der Waals surface area contributed by atoms with Crippen LogP contribution in [0.4, 0.5) is 5.69 Å². The number of ketones is 1. The van der Waals surface area contributed by atoms with Crippen LogP contribution >= 0.6 is 11.3 Å². The first-order valence-corrected chi connectivity index (χ1v) is 8.72. The second-order valence-corrected chi connectivity index (χ2v) is 6.90. The van der Waals surface area contributed by atoms with Gasteiger partial charge in [0.2, 0.25) is 5.78 Å². The number of aryl methyl sites for hydroxylation is 2. The molecule has 0 unspecified atom stereocenters. The lowest BCUT2D eigenvalue weighted by molar-refractivity contribution is 0.103. The molecule has 0 aromatic carbocycles. The van der Waals surface area contributed by atoms with Crippen LogP contribution in [0.3, 0.4) is 0 Å². The number of fused-ring (bicyclic) bond motifs is 2. The van der Waals surface area contributed by atoms with Crippen LogP contribution in [0, 0.1) is 0 Å². The third-order valence-electron chi connectivity index (χ3n) is 4.35. The summed E-state index contributed by atoms with van der Waals surface area (Å²) in [6.07, 6.45) is 7.33. The molecule has 0 radical (unpaired) electrons. The van der Waals surface area contributed by atoms with E-state index in [4.69, 9.17) is 10.7 Å². The molecule has 3 aromatic heterocycles. The lowest BCUT2D eigenvalue weighted by Crippen LogP contribution is -2.04. The first-order chi connectivity index (χ1) is 11.2. The monoisotopic (exact) mass is 323 g/mol. The third-order valence-corrected chi connectivity index (χ3v) is 5.47. The quantitative estimate of drug-likeness (QED) is 0.576. The minimum Gasteiger partial charge on any atom is -0.397 e. The van der Waals surface area contributed by atoms with Gasteiger partial charge in [0.25, 0.3) is 0 Å². The van der Waals surface area contributed by atoms with Gasteiger partial charge in [-0.3, -0.25) is 9.78 Å². The molecule has 4 nitrogen and oxygen atoms in total. The summed E-state index contributed by atoms with van der Waals surface area (Å²) in [7, 11) is 0. The number of nitrogens with zero attached hydrogens (tertiary/aromatic N) is 2. The van der Waals surface area contributed by atoms with Gasteiger partial charge in [-0.2, -0.15) is 0 Å². The van der Waals surface area contributed by atoms with Gasteiger partial charge in [0, 0.05) is 17.3 Å². The van der Waals surface area contributed by atoms with Gasteiger partial charge in [-0.05, 0) is 49.4 Å². The molecule has 0 aliphatic heterocycles. The van der Waals surface area contributed by atoms with Crippen LogP contribution in [0.25, 0.3) is 10.2 Å². The summed E-state index contributed by atoms with van der Waals surface area (Å²) in [5, 5.41) is 0.912. The molecule has 3 aromatic rings. The predicted octanol–water partition coefficient (Wildman–Crippen LogP) is 3.77. The number of nitrogens with two attached hydrogens (primary N) is 1. The van der Waals surface area contributed by atoms with Crippen LogP contribution < -0.4 is 5.73 Å². The molecule has 0 bridgehead atoms. The number of hydrogen-bond acceptors (Lipinski definition) is 5. The molecule has 0 fully saturated rings. The number of anilines is 1. The first-order valence-electron chi connectivity index (χ1n) is 7.90. The molecule has 0 saturated carbocycles. The molecule has 3 heterocycles. The molecule has 1 aliphatic carbocycles. The Morgan fingerprint density at radius 1 is 1.17 bits per heavy atom. The van der Waals surface area contributed by atoms with Crippen LogP contribution in [-0.2, 0) is 12.8 Å². The maximum atomic E-state index is 12.7. The van der Waals surface area contributed by atoms with Gasteiger partial charge in [0.05, 0.1) is 5.69 Å². The molecular formula is C18H17N3OS. The molecule has 5 heteroatoms. The van der Waals surface area contributed by atoms with Crippen LogP contribution in [-0.4, -0.2) is 15.8 Å². The van der Waals surface area contributed by atoms with Crippen molar-refractivity contribution in [1.82, 2.24) is 9.97 Å². The molecule has 23 heavy (non-hydrogen) atoms. The molecule has 0 amide bonds. The Kier molecular flexibility index (Phi) is 3.58. The van der Waals surface area contributed by atoms with Crippen molar-refractivity contribution in [1.29, 1.82) is 0 Å². The number of rotatable bonds is 2. The van der Waals surface area contributed by atoms with Crippen molar-refractivity contribution in [2.75, 3.05) is 5.73 Å². The van der Waals surface area contributed by atoms with Gasteiger partial charge in [-0.25, -0.2) is 4.98 Å². The minimum absolute atomic E-state index is 0.124. The summed E-state index contributed by atoms with van der Waals surface area (Å²) >= 11 is 1.38. The van der Waals surface area contributed by atoms with E-state index in [0.29, 0.717) is 16.3 Å². The van der Waals surface area contributed by atoms with E-state index < -0.39 is 0 Å². The number of thiophene rings is 1. The van der Waals surface area contributed by atoms with Crippen molar-refractivity contribution in [2.24, 2.45) is 0 Å². The Hall–Kier alpha value is -2.27. The van der Waals surface area contributed by atoms with Crippen molar-refractivity contribution in [3.8, 4) is 0 Å². The maximum absolute atomic E-state index is 12.7. The van der Waals surface area contributed by atoms with Gasteiger partial charge in [-0.15, -0.1) is 11.3 Å². The van der Waals surface area contributed by atoms with E-state index >= 15 is 0 Å². The van der Waals surface area contributed by atoms with E-state index in [1.165, 1.54) is 41.9 Å². The Balaban J connectivity index is 1.83. The van der Waals surface area contributed by atoms with Crippen LogP contribution in [0.1, 0.15) is 45.9 Å². The Morgan fingerprint density at radius 2 is 2.04 bits per heavy atom. The molecule has 2 N–H and O–H groups in total. The van der Waals surface area contributed by atoms with Gasteiger partial charge >= 0.3 is 0 Å². The lowest BCUT2D eigenvalue weighted by atomic mass is 10.1. The average molecular weight is 323 g/mol. The molecule has 4 rings (SSSR count). The molecule has 116 valence electrons. The normalized spacial score (nSPS) is 14.4. The second kappa shape index (κ2) is 5.74. The average Bonchev–Trinajstić information content (AvgIpc) is 2.75. The topological polar surface area (TPSA) is 68.9 Å². The second-order valence-electron chi connectivity index (χ2n) is 5.90. The highest BCUT2D eigenvalue weighted by atomic mass is 32.1. The van der Waals surface area contributed by atoms with Crippen LogP contribution in [0.5, 0.6) is 0 Å². The van der Waals surface area contributed by atoms with E-state index in [0.717, 1.165) is 23.1 Å². The summed E-state index contributed by atoms with van der Waals surface area (Å²) in [5.74, 6) is -0.124. The fourth-order valence-electron chi connectivity index (χ4n) is 3.12. The van der Waals surface area contributed by atoms with E-state index in [1.54, 1.807) is 18.3 Å². The summed E-state index contributed by atoms with van der Waals surface area (Å²) in [6.45, 7) is 0. The lowest BCUT2D eigenvalue weighted by Gasteiger charge is -2.04. The van der Waals surface area contributed by atoms with Gasteiger partial charge in [-0.1, -0.05) is 12.5 Å². The minimum atomic E-state index is -0.124. The van der Waals surface area contributed by atoms with Crippen molar-refractivity contribution in [2.45, 2.75) is 32.1 Å². The SMILES string of the molecule is Nc1c(C(=O)c2ccccn2)sc2nc3c(cc12)CCCCC3. The number of pyridine rings is 2. The van der Waals surface area contributed by atoms with Crippen molar-refractivity contribution >= 4 is 33.0 Å². The number of aromatic nitrogens is 2. The number of nitrogen functional groups attached to an aromatic ring is 1. The standard InChI is InChI=1S/C18H17N3OS/c19-15-12-10-11-6-2-1-3-7-13(11)21-18(12)23-17(15)16(22)14-8-4-5-9-20-14/h4-5,8-10H,1-3,6-7,19H2. The van der Waals surface area contributed by atoms with Gasteiger partial charge in [0.1, 0.15) is 15.4 Å². The Morgan fingerprint density at radius 3 is 2.87 bits per heavy atom. The molecule has 1 aliphatic rings. The summed E-state index contributed by atoms with van der Waals surface area (Å²) in [4.78, 5) is 23.0. The van der Waals surface area contributed by atoms with Gasteiger partial charge < -0.3 is 5.73 Å². The zero-order valence-corrected chi connectivity index (χ0v) is 13.5. The summed E-state index contributed by atoms with van der Waals surface area (Å²) in [6, 6.07) is 7.46. The summed E-state index contributed by atoms with van der Waals surface area (Å²) in [5.41, 5.74) is 9.70. The highest BCUT2D eigenvalue weighted by Gasteiger charge is 2.21. The molecule has 0 spiro atoms. The Bertz CT molecular complexity index is 886. The number of carbonyl (C=O) groups is 1. The van der Waals surface area contributed by atoms with E-state index in [1.807, 2.05) is 6.07 Å². The van der Waals surface area contributed by atoms with Gasteiger partial charge in [0.15, 0.2) is 0 Å². The fraction of sp³-hybridized carbons (Fsp3) is 0.278. The highest BCUT2D eigenvalue weighted by Crippen LogP contribution is 2.36. The van der Waals surface area contributed by atoms with Crippen molar-refractivity contribution in [3.63, 3.8) is 0 Å². The Labute approximate surface area is 138 Å². The molecule has 0 atom stereocenters. The smallest absolute Gasteiger partial charge is 0.223 e. The number of carbonyl (C=O) groups excluding carboxylic acids is 1. The van der Waals surface area contributed by atoms with E-state index in [9.17, 15) is 4.79 Å². The summed E-state index contributed by atoms with van der Waals surface area (Å²) < 4.78 is 0. The van der Waals surface area contributed by atoms with E-state index in [2.05, 4.69) is 11.1 Å². The molecule has 0 saturated heterocycles. The zero-order chi connectivity index (χ0) is 15.8. The third kappa shape index (κ3) is 2.51. The first kappa shape index (κ1) is 14.3. The number of hydrogen-bond donors (Lipinski definition) is 1. The predicted molar refractivity (Wildman–Crippen MR) is 93.0 cm³/mol. The van der Waals surface area contributed by atoms with Crippen LogP contribution in [0.15, 0.2) is 30.5 Å². The van der Waals surface area contributed by atoms with Crippen molar-refractivity contribution < 1.29 is 4.79 Å². The van der Waals surface area contributed by atoms with Crippen LogP contribution in [0.2, 0.25) is 0 Å². The van der Waals surface area contributed by atoms with Crippen molar-refractivity contribution in [3.05, 3.63) is 52.3 Å². The fourth-order valence-corrected chi connectivity index (χ4v) is 4.16.